The van der Waals surface area contributed by atoms with Gasteiger partial charge in [-0.1, -0.05) is 0 Å². The van der Waals surface area contributed by atoms with Gasteiger partial charge in [-0.2, -0.15) is 17.6 Å². The number of aromatic nitrogens is 1. The molecular weight excluding hydrogens is 308 g/mol. The molecule has 116 valence electrons. The zero-order chi connectivity index (χ0) is 16.2. The van der Waals surface area contributed by atoms with Gasteiger partial charge >= 0.3 is 12.9 Å². The van der Waals surface area contributed by atoms with E-state index in [4.69, 9.17) is 0 Å². The number of pyridine rings is 1. The highest BCUT2D eigenvalue weighted by molar-refractivity contribution is 6.00. The standard InChI is InChI=1S/C10H7F6N3O2/c11-5(12)3-1-4(18-9(20)6(13)14)8(17-2-3)19-10(21)7(15)16/h1-2,5-7H,(H,18,20)(H,17,19,21). The molecule has 11 heteroatoms. The first-order valence-electron chi connectivity index (χ1n) is 5.18. The molecule has 0 aliphatic carbocycles. The summed E-state index contributed by atoms with van der Waals surface area (Å²) in [6.45, 7) is 0. The number of amides is 2. The number of hydrogen-bond acceptors (Lipinski definition) is 3. The molecule has 1 aromatic rings. The molecule has 0 bridgehead atoms. The van der Waals surface area contributed by atoms with Gasteiger partial charge in [-0.3, -0.25) is 9.59 Å². The Morgan fingerprint density at radius 3 is 1.95 bits per heavy atom. The van der Waals surface area contributed by atoms with E-state index in [-0.39, 0.29) is 0 Å². The van der Waals surface area contributed by atoms with Crippen LogP contribution in [0.2, 0.25) is 0 Å². The van der Waals surface area contributed by atoms with Crippen LogP contribution in [0.3, 0.4) is 0 Å². The Bertz CT molecular complexity index is 538. The van der Waals surface area contributed by atoms with Gasteiger partial charge in [0.05, 0.1) is 5.69 Å². The molecule has 0 saturated heterocycles. The molecule has 0 aromatic carbocycles. The maximum atomic E-state index is 12.5. The lowest BCUT2D eigenvalue weighted by molar-refractivity contribution is -0.127. The third-order valence-corrected chi connectivity index (χ3v) is 2.06. The zero-order valence-electron chi connectivity index (χ0n) is 9.92. The summed E-state index contributed by atoms with van der Waals surface area (Å²) in [7, 11) is 0. The third kappa shape index (κ3) is 4.61. The maximum absolute atomic E-state index is 12.5. The highest BCUT2D eigenvalue weighted by Crippen LogP contribution is 2.26. The van der Waals surface area contributed by atoms with Gasteiger partial charge in [-0.05, 0) is 6.07 Å². The van der Waals surface area contributed by atoms with E-state index in [1.807, 2.05) is 0 Å². The maximum Gasteiger partial charge on any atom is 0.315 e. The van der Waals surface area contributed by atoms with Gasteiger partial charge in [0.2, 0.25) is 0 Å². The largest absolute Gasteiger partial charge is 0.318 e. The summed E-state index contributed by atoms with van der Waals surface area (Å²) in [4.78, 5) is 24.9. The SMILES string of the molecule is O=C(Nc1cc(C(F)F)cnc1NC(=O)C(F)F)C(F)F. The molecule has 0 fully saturated rings. The second-order valence-electron chi connectivity index (χ2n) is 3.55. The van der Waals surface area contributed by atoms with Crippen LogP contribution in [0.25, 0.3) is 0 Å². The van der Waals surface area contributed by atoms with Crippen molar-refractivity contribution in [1.82, 2.24) is 4.98 Å². The average Bonchev–Trinajstić information content (AvgIpc) is 2.39. The second-order valence-corrected chi connectivity index (χ2v) is 3.55. The molecule has 0 unspecified atom stereocenters. The van der Waals surface area contributed by atoms with Gasteiger partial charge in [-0.25, -0.2) is 13.8 Å². The molecule has 0 aliphatic heterocycles. The molecule has 1 aromatic heterocycles. The molecule has 2 N–H and O–H groups in total. The predicted molar refractivity (Wildman–Crippen MR) is 58.5 cm³/mol. The number of nitrogens with zero attached hydrogens (tertiary/aromatic N) is 1. The van der Waals surface area contributed by atoms with Crippen molar-refractivity contribution in [3.63, 3.8) is 0 Å². The second kappa shape index (κ2) is 6.90. The summed E-state index contributed by atoms with van der Waals surface area (Å²) in [5.41, 5.74) is -1.50. The number of rotatable bonds is 5. The first kappa shape index (κ1) is 16.7. The minimum absolute atomic E-state index is 0.541. The van der Waals surface area contributed by atoms with Gasteiger partial charge in [0.15, 0.2) is 5.82 Å². The van der Waals surface area contributed by atoms with Crippen molar-refractivity contribution in [1.29, 1.82) is 0 Å². The fourth-order valence-electron chi connectivity index (χ4n) is 1.15. The van der Waals surface area contributed by atoms with Gasteiger partial charge in [-0.15, -0.1) is 0 Å². The zero-order valence-corrected chi connectivity index (χ0v) is 9.92. The lowest BCUT2D eigenvalue weighted by Gasteiger charge is -2.12. The van der Waals surface area contributed by atoms with E-state index < -0.39 is 48.2 Å². The van der Waals surface area contributed by atoms with Crippen molar-refractivity contribution in [2.45, 2.75) is 19.3 Å². The molecule has 0 radical (unpaired) electrons. The summed E-state index contributed by atoms with van der Waals surface area (Å²) in [5.74, 6) is -4.45. The Morgan fingerprint density at radius 1 is 0.952 bits per heavy atom. The van der Waals surface area contributed by atoms with Crippen LogP contribution in [-0.2, 0) is 9.59 Å². The molecule has 21 heavy (non-hydrogen) atoms. The number of hydrogen-bond donors (Lipinski definition) is 2. The number of carbonyl (C=O) groups is 2. The summed E-state index contributed by atoms with van der Waals surface area (Å²) in [6, 6.07) is 0.541. The summed E-state index contributed by atoms with van der Waals surface area (Å²) in [6.07, 6.45) is -9.41. The first-order chi connectivity index (χ1) is 9.72. The van der Waals surface area contributed by atoms with Crippen molar-refractivity contribution in [3.8, 4) is 0 Å². The number of halogens is 6. The fourth-order valence-corrected chi connectivity index (χ4v) is 1.15. The van der Waals surface area contributed by atoms with E-state index in [2.05, 4.69) is 4.98 Å². The topological polar surface area (TPSA) is 71.1 Å². The van der Waals surface area contributed by atoms with E-state index in [0.717, 1.165) is 0 Å². The van der Waals surface area contributed by atoms with E-state index in [9.17, 15) is 35.9 Å². The van der Waals surface area contributed by atoms with Crippen molar-refractivity contribution in [2.24, 2.45) is 0 Å². The van der Waals surface area contributed by atoms with Crippen molar-refractivity contribution < 1.29 is 35.9 Å². The number of anilines is 2. The van der Waals surface area contributed by atoms with Gasteiger partial charge in [0.25, 0.3) is 18.2 Å². The van der Waals surface area contributed by atoms with Gasteiger partial charge < -0.3 is 10.6 Å². The van der Waals surface area contributed by atoms with E-state index in [1.165, 1.54) is 10.6 Å². The minimum Gasteiger partial charge on any atom is -0.318 e. The molecule has 0 spiro atoms. The predicted octanol–water partition coefficient (Wildman–Crippen LogP) is 2.43. The van der Waals surface area contributed by atoms with Crippen LogP contribution in [0.4, 0.5) is 37.8 Å². The highest BCUT2D eigenvalue weighted by atomic mass is 19.3. The Kier molecular flexibility index (Phi) is 5.50. The van der Waals surface area contributed by atoms with Crippen LogP contribution in [0.15, 0.2) is 12.3 Å². The third-order valence-electron chi connectivity index (χ3n) is 2.06. The highest BCUT2D eigenvalue weighted by Gasteiger charge is 2.22. The number of nitrogens with one attached hydrogen (secondary N) is 2. The van der Waals surface area contributed by atoms with Gasteiger partial charge in [0, 0.05) is 11.8 Å². The van der Waals surface area contributed by atoms with Gasteiger partial charge in [0.1, 0.15) is 0 Å². The van der Waals surface area contributed by atoms with E-state index in [0.29, 0.717) is 12.3 Å². The van der Waals surface area contributed by atoms with E-state index in [1.54, 1.807) is 0 Å². The summed E-state index contributed by atoms with van der Waals surface area (Å²) < 4.78 is 73.3. The first-order valence-corrected chi connectivity index (χ1v) is 5.18. The molecule has 2 amide bonds. The average molecular weight is 315 g/mol. The van der Waals surface area contributed by atoms with Crippen LogP contribution in [-0.4, -0.2) is 29.6 Å². The monoisotopic (exact) mass is 315 g/mol. The fraction of sp³-hybridized carbons (Fsp3) is 0.300. The molecule has 1 heterocycles. The number of carbonyl (C=O) groups excluding carboxylic acids is 2. The molecular formula is C10H7F6N3O2. The van der Waals surface area contributed by atoms with Crippen molar-refractivity contribution in [3.05, 3.63) is 17.8 Å². The van der Waals surface area contributed by atoms with Crippen molar-refractivity contribution >= 4 is 23.3 Å². The smallest absolute Gasteiger partial charge is 0.315 e. The van der Waals surface area contributed by atoms with Crippen LogP contribution in [0.5, 0.6) is 0 Å². The molecule has 0 atom stereocenters. The molecule has 0 saturated carbocycles. The van der Waals surface area contributed by atoms with E-state index >= 15 is 0 Å². The van der Waals surface area contributed by atoms with Crippen LogP contribution < -0.4 is 10.6 Å². The summed E-state index contributed by atoms with van der Waals surface area (Å²) in [5, 5.41) is 3.02. The normalized spacial score (nSPS) is 11.1. The Balaban J connectivity index is 3.11. The minimum atomic E-state index is -3.47. The Labute approximate surface area is 113 Å². The van der Waals surface area contributed by atoms with Crippen molar-refractivity contribution in [2.75, 3.05) is 10.6 Å². The Hall–Kier alpha value is -2.33. The molecule has 1 rings (SSSR count). The Morgan fingerprint density at radius 2 is 1.48 bits per heavy atom. The lowest BCUT2D eigenvalue weighted by atomic mass is 10.2. The van der Waals surface area contributed by atoms with Crippen LogP contribution in [0.1, 0.15) is 12.0 Å². The van der Waals surface area contributed by atoms with Crippen LogP contribution >= 0.6 is 0 Å². The molecule has 5 nitrogen and oxygen atoms in total. The quantitative estimate of drug-likeness (QED) is 0.820. The molecule has 0 aliphatic rings. The lowest BCUT2D eigenvalue weighted by Crippen LogP contribution is -2.24. The number of alkyl halides is 6. The van der Waals surface area contributed by atoms with Crippen LogP contribution in [0, 0.1) is 0 Å². The summed E-state index contributed by atoms with van der Waals surface area (Å²) >= 11 is 0.